The first kappa shape index (κ1) is 24.0. The van der Waals surface area contributed by atoms with Crippen LogP contribution in [-0.4, -0.2) is 21.7 Å². The maximum absolute atomic E-state index is 13.5. The maximum Gasteiger partial charge on any atom is 0.435 e. The summed E-state index contributed by atoms with van der Waals surface area (Å²) in [7, 11) is 0. The Morgan fingerprint density at radius 1 is 0.844 bits per heavy atom. The van der Waals surface area contributed by atoms with Crippen LogP contribution in [-0.2, 0) is 12.4 Å². The zero-order chi connectivity index (χ0) is 23.9. The first-order valence-corrected chi connectivity index (χ1v) is 9.80. The second-order valence-electron chi connectivity index (χ2n) is 6.72. The van der Waals surface area contributed by atoms with Crippen molar-refractivity contribution in [1.29, 1.82) is 0 Å². The van der Waals surface area contributed by atoms with Crippen molar-refractivity contribution in [3.8, 4) is 16.9 Å². The number of aryl methyl sites for hydroxylation is 1. The van der Waals surface area contributed by atoms with E-state index in [1.807, 2.05) is 0 Å². The van der Waals surface area contributed by atoms with Crippen LogP contribution in [0.25, 0.3) is 16.9 Å². The molecule has 3 aromatic rings. The van der Waals surface area contributed by atoms with Crippen LogP contribution >= 0.6 is 11.8 Å². The smallest absolute Gasteiger partial charge is 0.232 e. The monoisotopic (exact) mass is 484 g/mol. The molecule has 172 valence electrons. The van der Waals surface area contributed by atoms with Crippen LogP contribution in [0.3, 0.4) is 0 Å². The van der Waals surface area contributed by atoms with E-state index in [2.05, 4.69) is 5.10 Å². The molecule has 0 bridgehead atoms. The van der Waals surface area contributed by atoms with Crippen LogP contribution in [0.2, 0.25) is 0 Å². The van der Waals surface area contributed by atoms with E-state index in [9.17, 15) is 39.5 Å². The van der Waals surface area contributed by atoms with Gasteiger partial charge in [-0.1, -0.05) is 24.3 Å². The van der Waals surface area contributed by atoms with Crippen LogP contribution in [0.15, 0.2) is 53.4 Å². The predicted octanol–water partition coefficient (Wildman–Crippen LogP) is 7.54. The Balaban J connectivity index is 2.20. The summed E-state index contributed by atoms with van der Waals surface area (Å²) in [6.07, 6.45) is -14.3. The molecule has 0 aliphatic heterocycles. The van der Waals surface area contributed by atoms with Crippen molar-refractivity contribution >= 4 is 11.8 Å². The number of benzene rings is 2. The largest absolute Gasteiger partial charge is 0.435 e. The zero-order valence-electron chi connectivity index (χ0n) is 16.0. The lowest BCUT2D eigenvalue weighted by Crippen LogP contribution is -2.13. The fraction of sp³-hybridized carbons (Fsp3) is 0.250. The molecular weight excluding hydrogens is 471 g/mol. The van der Waals surface area contributed by atoms with Gasteiger partial charge in [-0.2, -0.15) is 44.6 Å². The maximum atomic E-state index is 13.5. The van der Waals surface area contributed by atoms with Crippen LogP contribution in [0.1, 0.15) is 16.8 Å². The van der Waals surface area contributed by atoms with E-state index >= 15 is 0 Å². The molecule has 0 N–H and O–H groups in total. The molecule has 0 unspecified atom stereocenters. The van der Waals surface area contributed by atoms with Gasteiger partial charge in [-0.25, -0.2) is 4.68 Å². The summed E-state index contributed by atoms with van der Waals surface area (Å²) in [5.74, 6) is -1.23. The van der Waals surface area contributed by atoms with Crippen molar-refractivity contribution < 1.29 is 39.5 Å². The highest BCUT2D eigenvalue weighted by atomic mass is 32.2. The Hall–Kier alpha value is -2.63. The summed E-state index contributed by atoms with van der Waals surface area (Å²) >= 11 is 0.427. The summed E-state index contributed by atoms with van der Waals surface area (Å²) in [6, 6.07) is 8.43. The van der Waals surface area contributed by atoms with E-state index in [1.165, 1.54) is 31.2 Å². The predicted molar refractivity (Wildman–Crippen MR) is 101 cm³/mol. The van der Waals surface area contributed by atoms with Gasteiger partial charge in [0.2, 0.25) is 0 Å². The van der Waals surface area contributed by atoms with Crippen molar-refractivity contribution in [2.75, 3.05) is 5.75 Å². The highest BCUT2D eigenvalue weighted by Crippen LogP contribution is 2.39. The van der Waals surface area contributed by atoms with Gasteiger partial charge in [0.1, 0.15) is 0 Å². The molecule has 3 rings (SSSR count). The molecule has 0 aliphatic carbocycles. The topological polar surface area (TPSA) is 17.8 Å². The second-order valence-corrected chi connectivity index (χ2v) is 7.74. The minimum Gasteiger partial charge on any atom is -0.232 e. The summed E-state index contributed by atoms with van der Waals surface area (Å²) in [5.41, 5.74) is -3.22. The molecular formula is C20H13F9N2S. The van der Waals surface area contributed by atoms with Crippen LogP contribution < -0.4 is 0 Å². The third kappa shape index (κ3) is 5.40. The van der Waals surface area contributed by atoms with E-state index in [0.29, 0.717) is 34.1 Å². The van der Waals surface area contributed by atoms with Crippen molar-refractivity contribution in [2.45, 2.75) is 30.3 Å². The number of alkyl halides is 9. The van der Waals surface area contributed by atoms with Crippen LogP contribution in [0.5, 0.6) is 0 Å². The molecule has 2 aromatic carbocycles. The van der Waals surface area contributed by atoms with Gasteiger partial charge in [0, 0.05) is 10.5 Å². The van der Waals surface area contributed by atoms with Gasteiger partial charge in [-0.15, -0.1) is 11.8 Å². The van der Waals surface area contributed by atoms with E-state index in [0.717, 1.165) is 12.1 Å². The van der Waals surface area contributed by atoms with E-state index < -0.39 is 41.2 Å². The molecule has 0 atom stereocenters. The lowest BCUT2D eigenvalue weighted by atomic mass is 10.1. The Morgan fingerprint density at radius 2 is 1.50 bits per heavy atom. The molecule has 0 radical (unpaired) electrons. The molecule has 0 saturated carbocycles. The van der Waals surface area contributed by atoms with E-state index in [-0.39, 0.29) is 16.2 Å². The Bertz CT molecular complexity index is 1110. The Kier molecular flexibility index (Phi) is 6.29. The number of halogens is 9. The SMILES string of the molecule is Cc1ccc(-c2cc(C(F)(F)F)nn2-c2ccccc2C(F)(F)F)cc1SCC(F)(F)F. The number of rotatable bonds is 4. The van der Waals surface area contributed by atoms with E-state index in [4.69, 9.17) is 0 Å². The number of aromatic nitrogens is 2. The number of thioether (sulfide) groups is 1. The summed E-state index contributed by atoms with van der Waals surface area (Å²) in [4.78, 5) is 0.130. The Morgan fingerprint density at radius 3 is 2.09 bits per heavy atom. The van der Waals surface area contributed by atoms with Gasteiger partial charge >= 0.3 is 18.5 Å². The van der Waals surface area contributed by atoms with Crippen LogP contribution in [0, 0.1) is 6.92 Å². The Labute approximate surface area is 180 Å². The quantitative estimate of drug-likeness (QED) is 0.281. The summed E-state index contributed by atoms with van der Waals surface area (Å²) in [5, 5.41) is 3.34. The number of hydrogen-bond donors (Lipinski definition) is 0. The van der Waals surface area contributed by atoms with Gasteiger partial charge in [-0.3, -0.25) is 0 Å². The molecule has 1 aromatic heterocycles. The third-order valence-corrected chi connectivity index (χ3v) is 5.54. The normalized spacial score (nSPS) is 12.9. The van der Waals surface area contributed by atoms with Gasteiger partial charge in [0.05, 0.1) is 22.7 Å². The second kappa shape index (κ2) is 8.38. The summed E-state index contributed by atoms with van der Waals surface area (Å²) < 4.78 is 119. The molecule has 0 saturated heterocycles. The number of para-hydroxylation sites is 1. The first-order valence-electron chi connectivity index (χ1n) is 8.81. The van der Waals surface area contributed by atoms with E-state index in [1.54, 1.807) is 0 Å². The summed E-state index contributed by atoms with van der Waals surface area (Å²) in [6.45, 7) is 1.51. The lowest BCUT2D eigenvalue weighted by molar-refractivity contribution is -0.141. The van der Waals surface area contributed by atoms with Gasteiger partial charge < -0.3 is 0 Å². The van der Waals surface area contributed by atoms with Crippen molar-refractivity contribution in [1.82, 2.24) is 9.78 Å². The molecule has 2 nitrogen and oxygen atoms in total. The molecule has 0 aliphatic rings. The molecule has 12 heteroatoms. The van der Waals surface area contributed by atoms with Crippen LogP contribution in [0.4, 0.5) is 39.5 Å². The highest BCUT2D eigenvalue weighted by molar-refractivity contribution is 7.99. The standard InChI is InChI=1S/C20H13F9N2S/c1-11-6-7-12(8-16(11)32-10-18(21,22)23)15-9-17(20(27,28)29)30-31(15)14-5-3-2-4-13(14)19(24,25)26/h2-9H,10H2,1H3. The van der Waals surface area contributed by atoms with Crippen molar-refractivity contribution in [3.63, 3.8) is 0 Å². The fourth-order valence-electron chi connectivity index (χ4n) is 2.88. The minimum atomic E-state index is -4.95. The average molecular weight is 484 g/mol. The molecule has 0 fully saturated rings. The van der Waals surface area contributed by atoms with Gasteiger partial charge in [0.15, 0.2) is 5.69 Å². The minimum absolute atomic E-state index is 0.0137. The fourth-order valence-corrected chi connectivity index (χ4v) is 3.71. The number of hydrogen-bond acceptors (Lipinski definition) is 2. The average Bonchev–Trinajstić information content (AvgIpc) is 3.12. The molecule has 1 heterocycles. The molecule has 0 spiro atoms. The van der Waals surface area contributed by atoms with Crippen molar-refractivity contribution in [3.05, 3.63) is 65.4 Å². The zero-order valence-corrected chi connectivity index (χ0v) is 16.8. The molecule has 32 heavy (non-hydrogen) atoms. The lowest BCUT2D eigenvalue weighted by Gasteiger charge is -2.16. The number of nitrogens with zero attached hydrogens (tertiary/aromatic N) is 2. The van der Waals surface area contributed by atoms with Gasteiger partial charge in [0.25, 0.3) is 0 Å². The van der Waals surface area contributed by atoms with Gasteiger partial charge in [-0.05, 0) is 36.8 Å². The first-order chi connectivity index (χ1) is 14.7. The molecule has 0 amide bonds. The van der Waals surface area contributed by atoms with Crippen molar-refractivity contribution in [2.24, 2.45) is 0 Å². The third-order valence-electron chi connectivity index (χ3n) is 4.31. The highest BCUT2D eigenvalue weighted by Gasteiger charge is 2.38.